The normalized spacial score (nSPS) is 11.1. The van der Waals surface area contributed by atoms with Gasteiger partial charge in [-0.3, -0.25) is 0 Å². The van der Waals surface area contributed by atoms with Crippen LogP contribution in [0.25, 0.3) is 22.2 Å². The average Bonchev–Trinajstić information content (AvgIpc) is 2.90. The van der Waals surface area contributed by atoms with Crippen LogP contribution in [-0.4, -0.2) is 9.97 Å². The van der Waals surface area contributed by atoms with E-state index in [2.05, 4.69) is 28.2 Å². The maximum atomic E-state index is 5.69. The highest BCUT2D eigenvalue weighted by molar-refractivity contribution is 5.93. The number of pyridine rings is 1. The first-order chi connectivity index (χ1) is 9.31. The number of nitrogens with two attached hydrogens (primary N) is 2. The molecule has 0 unspecified atom stereocenters. The van der Waals surface area contributed by atoms with E-state index < -0.39 is 0 Å². The molecule has 4 nitrogen and oxygen atoms in total. The third kappa shape index (κ3) is 2.12. The van der Waals surface area contributed by atoms with Gasteiger partial charge in [0, 0.05) is 36.4 Å². The summed E-state index contributed by atoms with van der Waals surface area (Å²) in [6, 6.07) is 10.3. The first-order valence-corrected chi connectivity index (χ1v) is 6.27. The lowest BCUT2D eigenvalue weighted by atomic mass is 10.0. The number of fused-ring (bicyclic) bond motifs is 1. The first-order valence-electron chi connectivity index (χ1n) is 6.27. The number of benzene rings is 1. The molecule has 2 heterocycles. The number of H-pyrrole nitrogens is 1. The Labute approximate surface area is 111 Å². The Kier molecular flexibility index (Phi) is 3.03. The van der Waals surface area contributed by atoms with E-state index in [4.69, 9.17) is 11.5 Å². The van der Waals surface area contributed by atoms with Gasteiger partial charge in [-0.1, -0.05) is 18.2 Å². The van der Waals surface area contributed by atoms with E-state index in [0.29, 0.717) is 13.1 Å². The van der Waals surface area contributed by atoms with E-state index in [1.165, 1.54) is 0 Å². The van der Waals surface area contributed by atoms with Crippen molar-refractivity contribution in [2.24, 2.45) is 11.5 Å². The molecule has 0 radical (unpaired) electrons. The maximum absolute atomic E-state index is 5.69. The van der Waals surface area contributed by atoms with Crippen molar-refractivity contribution < 1.29 is 0 Å². The topological polar surface area (TPSA) is 80.7 Å². The van der Waals surface area contributed by atoms with E-state index >= 15 is 0 Å². The predicted octanol–water partition coefficient (Wildman–Crippen LogP) is 2.15. The first kappa shape index (κ1) is 11.9. The van der Waals surface area contributed by atoms with Crippen LogP contribution in [0.5, 0.6) is 0 Å². The summed E-state index contributed by atoms with van der Waals surface area (Å²) in [5.74, 6) is 0. The molecule has 96 valence electrons. The van der Waals surface area contributed by atoms with Crippen LogP contribution < -0.4 is 11.5 Å². The average molecular weight is 252 g/mol. The number of hydrogen-bond donors (Lipinski definition) is 3. The Bertz CT molecular complexity index is 715. The monoisotopic (exact) mass is 252 g/mol. The summed E-state index contributed by atoms with van der Waals surface area (Å²) in [5, 5.41) is 1.09. The molecule has 0 saturated heterocycles. The second-order valence-electron chi connectivity index (χ2n) is 4.55. The highest BCUT2D eigenvalue weighted by atomic mass is 14.8. The minimum absolute atomic E-state index is 0.496. The summed E-state index contributed by atoms with van der Waals surface area (Å²) in [7, 11) is 0. The number of nitrogens with one attached hydrogen (secondary N) is 1. The SMILES string of the molecule is NCc1cccc(-c2c[nH]c3ncc(CN)cc23)c1. The van der Waals surface area contributed by atoms with Crippen LogP contribution >= 0.6 is 0 Å². The Morgan fingerprint density at radius 1 is 1.05 bits per heavy atom. The number of aromatic amines is 1. The summed E-state index contributed by atoms with van der Waals surface area (Å²) < 4.78 is 0. The van der Waals surface area contributed by atoms with Gasteiger partial charge in [0.15, 0.2) is 0 Å². The number of rotatable bonds is 3. The van der Waals surface area contributed by atoms with Crippen molar-refractivity contribution in [3.05, 3.63) is 53.9 Å². The lowest BCUT2D eigenvalue weighted by molar-refractivity contribution is 1.06. The molecule has 0 bridgehead atoms. The molecule has 3 rings (SSSR count). The molecule has 0 aliphatic rings. The molecule has 0 fully saturated rings. The van der Waals surface area contributed by atoms with E-state index in [-0.39, 0.29) is 0 Å². The molecule has 2 aromatic heterocycles. The molecule has 0 aliphatic heterocycles. The lowest BCUT2D eigenvalue weighted by Gasteiger charge is -2.03. The minimum Gasteiger partial charge on any atom is -0.346 e. The van der Waals surface area contributed by atoms with Crippen molar-refractivity contribution in [1.82, 2.24) is 9.97 Å². The van der Waals surface area contributed by atoms with Crippen LogP contribution in [0.2, 0.25) is 0 Å². The fourth-order valence-electron chi connectivity index (χ4n) is 2.26. The van der Waals surface area contributed by atoms with Gasteiger partial charge in [-0.2, -0.15) is 0 Å². The molecule has 4 heteroatoms. The van der Waals surface area contributed by atoms with Crippen LogP contribution in [-0.2, 0) is 13.1 Å². The molecule has 1 aromatic carbocycles. The Balaban J connectivity index is 2.18. The number of aromatic nitrogens is 2. The summed E-state index contributed by atoms with van der Waals surface area (Å²) >= 11 is 0. The molecule has 19 heavy (non-hydrogen) atoms. The number of nitrogens with zero attached hydrogens (tertiary/aromatic N) is 1. The third-order valence-corrected chi connectivity index (χ3v) is 3.30. The molecule has 3 aromatic rings. The predicted molar refractivity (Wildman–Crippen MR) is 77.3 cm³/mol. The Morgan fingerprint density at radius 2 is 1.89 bits per heavy atom. The van der Waals surface area contributed by atoms with Gasteiger partial charge >= 0.3 is 0 Å². The van der Waals surface area contributed by atoms with Gasteiger partial charge in [0.2, 0.25) is 0 Å². The smallest absolute Gasteiger partial charge is 0.137 e. The van der Waals surface area contributed by atoms with Crippen LogP contribution in [0.1, 0.15) is 11.1 Å². The molecule has 5 N–H and O–H groups in total. The largest absolute Gasteiger partial charge is 0.346 e. The quantitative estimate of drug-likeness (QED) is 0.668. The van der Waals surface area contributed by atoms with Gasteiger partial charge in [-0.25, -0.2) is 4.98 Å². The van der Waals surface area contributed by atoms with E-state index in [1.807, 2.05) is 18.3 Å². The van der Waals surface area contributed by atoms with Crippen molar-refractivity contribution >= 4 is 11.0 Å². The van der Waals surface area contributed by atoms with Crippen molar-refractivity contribution in [2.75, 3.05) is 0 Å². The second kappa shape index (κ2) is 4.84. The minimum atomic E-state index is 0.496. The van der Waals surface area contributed by atoms with Crippen LogP contribution in [0.4, 0.5) is 0 Å². The van der Waals surface area contributed by atoms with E-state index in [9.17, 15) is 0 Å². The van der Waals surface area contributed by atoms with Gasteiger partial charge < -0.3 is 16.5 Å². The summed E-state index contributed by atoms with van der Waals surface area (Å²) in [6.45, 7) is 1.04. The van der Waals surface area contributed by atoms with Crippen molar-refractivity contribution in [2.45, 2.75) is 13.1 Å². The Morgan fingerprint density at radius 3 is 2.68 bits per heavy atom. The second-order valence-corrected chi connectivity index (χ2v) is 4.55. The van der Waals surface area contributed by atoms with E-state index in [1.54, 1.807) is 6.20 Å². The van der Waals surface area contributed by atoms with Gasteiger partial charge in [-0.05, 0) is 28.8 Å². The summed E-state index contributed by atoms with van der Waals surface area (Å²) in [6.07, 6.45) is 3.78. The fraction of sp³-hybridized carbons (Fsp3) is 0.133. The zero-order chi connectivity index (χ0) is 13.2. The van der Waals surface area contributed by atoms with Crippen molar-refractivity contribution in [3.8, 4) is 11.1 Å². The zero-order valence-electron chi connectivity index (χ0n) is 10.6. The molecule has 0 atom stereocenters. The molecule has 0 amide bonds. The fourth-order valence-corrected chi connectivity index (χ4v) is 2.26. The number of hydrogen-bond acceptors (Lipinski definition) is 3. The summed E-state index contributed by atoms with van der Waals surface area (Å²) in [4.78, 5) is 7.57. The van der Waals surface area contributed by atoms with Gasteiger partial charge in [0.05, 0.1) is 0 Å². The molecule has 0 aliphatic carbocycles. The Hall–Kier alpha value is -2.17. The maximum Gasteiger partial charge on any atom is 0.137 e. The van der Waals surface area contributed by atoms with Gasteiger partial charge in [0.25, 0.3) is 0 Å². The van der Waals surface area contributed by atoms with Gasteiger partial charge in [0.1, 0.15) is 5.65 Å². The third-order valence-electron chi connectivity index (χ3n) is 3.30. The molecular weight excluding hydrogens is 236 g/mol. The highest BCUT2D eigenvalue weighted by Gasteiger charge is 2.08. The zero-order valence-corrected chi connectivity index (χ0v) is 10.6. The van der Waals surface area contributed by atoms with E-state index in [0.717, 1.165) is 33.3 Å². The lowest BCUT2D eigenvalue weighted by Crippen LogP contribution is -1.97. The highest BCUT2D eigenvalue weighted by Crippen LogP contribution is 2.28. The van der Waals surface area contributed by atoms with Gasteiger partial charge in [-0.15, -0.1) is 0 Å². The van der Waals surface area contributed by atoms with Crippen LogP contribution in [0.15, 0.2) is 42.7 Å². The molecule has 0 spiro atoms. The molecular formula is C15H16N4. The van der Waals surface area contributed by atoms with Crippen molar-refractivity contribution in [1.29, 1.82) is 0 Å². The molecule has 0 saturated carbocycles. The van der Waals surface area contributed by atoms with Crippen LogP contribution in [0.3, 0.4) is 0 Å². The van der Waals surface area contributed by atoms with Crippen molar-refractivity contribution in [3.63, 3.8) is 0 Å². The summed E-state index contributed by atoms with van der Waals surface area (Å²) in [5.41, 5.74) is 16.7. The standard InChI is InChI=1S/C15H16N4/c16-6-10-2-1-3-12(4-10)14-9-19-15-13(14)5-11(7-17)8-18-15/h1-5,8-9H,6-7,16-17H2,(H,18,19). The van der Waals surface area contributed by atoms with Crippen LogP contribution in [0, 0.1) is 0 Å².